The normalized spacial score (nSPS) is 29.1. The SMILES string of the molecule is CCOc1ccc2cc(C3CCC(CCC4CCC(C)CC4)OC3)sc2c1. The van der Waals surface area contributed by atoms with E-state index in [1.807, 2.05) is 18.3 Å². The quantitative estimate of drug-likeness (QED) is 0.524. The standard InChI is InChI=1S/C24H34O2S/c1-3-25-22-13-9-19-14-23(27-24(19)15-22)20-10-12-21(26-16-20)11-8-18-6-4-17(2)5-7-18/h9,13-15,17-18,20-21H,3-8,10-12,16H2,1-2H3. The third kappa shape index (κ3) is 4.86. The fraction of sp³-hybridized carbons (Fsp3) is 0.667. The highest BCUT2D eigenvalue weighted by Crippen LogP contribution is 2.39. The van der Waals surface area contributed by atoms with Crippen molar-refractivity contribution in [3.63, 3.8) is 0 Å². The van der Waals surface area contributed by atoms with Gasteiger partial charge in [-0.1, -0.05) is 32.6 Å². The number of benzene rings is 1. The van der Waals surface area contributed by atoms with Crippen molar-refractivity contribution in [2.45, 2.75) is 77.2 Å². The molecule has 2 heterocycles. The van der Waals surface area contributed by atoms with Gasteiger partial charge in [-0.15, -0.1) is 11.3 Å². The smallest absolute Gasteiger partial charge is 0.120 e. The van der Waals surface area contributed by atoms with Gasteiger partial charge >= 0.3 is 0 Å². The Morgan fingerprint density at radius 2 is 1.89 bits per heavy atom. The van der Waals surface area contributed by atoms with E-state index in [2.05, 4.69) is 31.2 Å². The number of hydrogen-bond acceptors (Lipinski definition) is 3. The molecule has 2 nitrogen and oxygen atoms in total. The summed E-state index contributed by atoms with van der Waals surface area (Å²) >= 11 is 1.92. The lowest BCUT2D eigenvalue weighted by Crippen LogP contribution is -2.25. The molecule has 0 spiro atoms. The Balaban J connectivity index is 1.28. The minimum absolute atomic E-state index is 0.500. The van der Waals surface area contributed by atoms with Crippen LogP contribution in [-0.2, 0) is 4.74 Å². The Labute approximate surface area is 168 Å². The van der Waals surface area contributed by atoms with Crippen LogP contribution in [0.5, 0.6) is 5.75 Å². The first-order valence-corrected chi connectivity index (χ1v) is 11.8. The largest absolute Gasteiger partial charge is 0.494 e. The molecule has 2 aromatic rings. The zero-order valence-electron chi connectivity index (χ0n) is 16.9. The van der Waals surface area contributed by atoms with Crippen LogP contribution in [-0.4, -0.2) is 19.3 Å². The fourth-order valence-electron chi connectivity index (χ4n) is 4.79. The molecule has 1 saturated heterocycles. The molecule has 4 rings (SSSR count). The number of hydrogen-bond donors (Lipinski definition) is 0. The first-order chi connectivity index (χ1) is 13.2. The second kappa shape index (κ2) is 8.96. The Hall–Kier alpha value is -1.06. The first kappa shape index (κ1) is 19.3. The third-order valence-corrected chi connectivity index (χ3v) is 7.89. The molecule has 1 aromatic heterocycles. The summed E-state index contributed by atoms with van der Waals surface area (Å²) in [5, 5.41) is 1.34. The van der Waals surface area contributed by atoms with Gasteiger partial charge in [0.05, 0.1) is 19.3 Å². The van der Waals surface area contributed by atoms with Crippen molar-refractivity contribution in [1.82, 2.24) is 0 Å². The lowest BCUT2D eigenvalue weighted by atomic mass is 9.80. The second-order valence-corrected chi connectivity index (χ2v) is 9.83. The molecule has 0 bridgehead atoms. The van der Waals surface area contributed by atoms with Crippen LogP contribution in [0.3, 0.4) is 0 Å². The van der Waals surface area contributed by atoms with Gasteiger partial charge < -0.3 is 9.47 Å². The summed E-state index contributed by atoms with van der Waals surface area (Å²) in [6.45, 7) is 6.07. The zero-order chi connectivity index (χ0) is 18.6. The minimum atomic E-state index is 0.500. The average molecular weight is 387 g/mol. The highest BCUT2D eigenvalue weighted by molar-refractivity contribution is 7.19. The van der Waals surface area contributed by atoms with Crippen LogP contribution < -0.4 is 4.74 Å². The van der Waals surface area contributed by atoms with Crippen LogP contribution in [0, 0.1) is 11.8 Å². The molecule has 0 radical (unpaired) electrons. The van der Waals surface area contributed by atoms with Gasteiger partial charge in [-0.3, -0.25) is 0 Å². The molecule has 2 unspecified atom stereocenters. The predicted octanol–water partition coefficient (Wildman–Crippen LogP) is 7.17. The van der Waals surface area contributed by atoms with E-state index in [4.69, 9.17) is 9.47 Å². The maximum absolute atomic E-state index is 6.30. The van der Waals surface area contributed by atoms with Crippen LogP contribution in [0.2, 0.25) is 0 Å². The number of thiophene rings is 1. The summed E-state index contributed by atoms with van der Waals surface area (Å²) in [6, 6.07) is 8.83. The van der Waals surface area contributed by atoms with E-state index in [-0.39, 0.29) is 0 Å². The zero-order valence-corrected chi connectivity index (χ0v) is 17.7. The van der Waals surface area contributed by atoms with Crippen LogP contribution in [0.25, 0.3) is 10.1 Å². The molecule has 1 aromatic carbocycles. The van der Waals surface area contributed by atoms with Gasteiger partial charge in [-0.05, 0) is 74.1 Å². The van der Waals surface area contributed by atoms with Crippen molar-refractivity contribution in [3.8, 4) is 5.75 Å². The molecule has 27 heavy (non-hydrogen) atoms. The van der Waals surface area contributed by atoms with Crippen LogP contribution in [0.15, 0.2) is 24.3 Å². The maximum atomic E-state index is 6.30. The average Bonchev–Trinajstić information content (AvgIpc) is 3.12. The minimum Gasteiger partial charge on any atom is -0.494 e. The number of ether oxygens (including phenoxy) is 2. The Bertz CT molecular complexity index is 721. The van der Waals surface area contributed by atoms with E-state index in [1.54, 1.807) is 0 Å². The Kier molecular flexibility index (Phi) is 6.39. The molecular weight excluding hydrogens is 352 g/mol. The van der Waals surface area contributed by atoms with Gasteiger partial charge in [0.1, 0.15) is 5.75 Å². The Morgan fingerprint density at radius 3 is 2.63 bits per heavy atom. The summed E-state index contributed by atoms with van der Waals surface area (Å²) in [5.74, 6) is 3.48. The molecule has 3 heteroatoms. The summed E-state index contributed by atoms with van der Waals surface area (Å²) in [6.07, 6.45) is 11.4. The van der Waals surface area contributed by atoms with Gasteiger partial charge in [-0.25, -0.2) is 0 Å². The molecule has 1 aliphatic carbocycles. The van der Waals surface area contributed by atoms with Gasteiger partial charge in [0.2, 0.25) is 0 Å². The molecular formula is C24H34O2S. The lowest BCUT2D eigenvalue weighted by Gasteiger charge is -2.31. The van der Waals surface area contributed by atoms with E-state index in [1.165, 1.54) is 66.3 Å². The molecule has 2 atom stereocenters. The molecule has 1 saturated carbocycles. The number of fused-ring (bicyclic) bond motifs is 1. The maximum Gasteiger partial charge on any atom is 0.120 e. The van der Waals surface area contributed by atoms with E-state index < -0.39 is 0 Å². The van der Waals surface area contributed by atoms with Crippen molar-refractivity contribution in [1.29, 1.82) is 0 Å². The number of rotatable bonds is 6. The van der Waals surface area contributed by atoms with E-state index >= 15 is 0 Å². The summed E-state index contributed by atoms with van der Waals surface area (Å²) < 4.78 is 13.3. The topological polar surface area (TPSA) is 18.5 Å². The summed E-state index contributed by atoms with van der Waals surface area (Å²) in [5.41, 5.74) is 0. The van der Waals surface area contributed by atoms with Crippen LogP contribution >= 0.6 is 11.3 Å². The monoisotopic (exact) mass is 386 g/mol. The fourth-order valence-corrected chi connectivity index (χ4v) is 6.00. The molecule has 148 valence electrons. The van der Waals surface area contributed by atoms with Gasteiger partial charge in [0.15, 0.2) is 0 Å². The molecule has 0 N–H and O–H groups in total. The van der Waals surface area contributed by atoms with Gasteiger partial charge in [0.25, 0.3) is 0 Å². The van der Waals surface area contributed by atoms with Gasteiger partial charge in [0, 0.05) is 15.5 Å². The lowest BCUT2D eigenvalue weighted by molar-refractivity contribution is -0.00456. The Morgan fingerprint density at radius 1 is 1.04 bits per heavy atom. The van der Waals surface area contributed by atoms with Crippen molar-refractivity contribution < 1.29 is 9.47 Å². The first-order valence-electron chi connectivity index (χ1n) is 11.0. The summed E-state index contributed by atoms with van der Waals surface area (Å²) in [7, 11) is 0. The molecule has 2 fully saturated rings. The predicted molar refractivity (Wildman–Crippen MR) is 115 cm³/mol. The second-order valence-electron chi connectivity index (χ2n) is 8.71. The van der Waals surface area contributed by atoms with E-state index in [0.717, 1.165) is 30.8 Å². The molecule has 0 amide bonds. The van der Waals surface area contributed by atoms with Crippen molar-refractivity contribution >= 4 is 21.4 Å². The van der Waals surface area contributed by atoms with Crippen LogP contribution in [0.1, 0.15) is 76.0 Å². The highest BCUT2D eigenvalue weighted by atomic mass is 32.1. The highest BCUT2D eigenvalue weighted by Gasteiger charge is 2.26. The van der Waals surface area contributed by atoms with Gasteiger partial charge in [-0.2, -0.15) is 0 Å². The van der Waals surface area contributed by atoms with E-state index in [9.17, 15) is 0 Å². The van der Waals surface area contributed by atoms with Crippen LogP contribution in [0.4, 0.5) is 0 Å². The van der Waals surface area contributed by atoms with E-state index in [0.29, 0.717) is 12.0 Å². The van der Waals surface area contributed by atoms with Crippen molar-refractivity contribution in [2.24, 2.45) is 11.8 Å². The summed E-state index contributed by atoms with van der Waals surface area (Å²) in [4.78, 5) is 1.48. The third-order valence-electron chi connectivity index (χ3n) is 6.63. The van der Waals surface area contributed by atoms with Crippen molar-refractivity contribution in [3.05, 3.63) is 29.1 Å². The van der Waals surface area contributed by atoms with Crippen molar-refractivity contribution in [2.75, 3.05) is 13.2 Å². The molecule has 2 aliphatic rings. The molecule has 1 aliphatic heterocycles.